The van der Waals surface area contributed by atoms with E-state index in [1.807, 2.05) is 0 Å². The van der Waals surface area contributed by atoms with Crippen molar-refractivity contribution in [1.29, 1.82) is 0 Å². The topological polar surface area (TPSA) is 0 Å². The molecule has 0 aliphatic rings. The van der Waals surface area contributed by atoms with Gasteiger partial charge in [-0.3, -0.25) is 0 Å². The summed E-state index contributed by atoms with van der Waals surface area (Å²) in [4.78, 5) is 0. The molecule has 0 N–H and O–H groups in total. The highest BCUT2D eigenvalue weighted by molar-refractivity contribution is 6.24. The Hall–Kier alpha value is -1.79. The van der Waals surface area contributed by atoms with Crippen LogP contribution >= 0.6 is 11.6 Å². The summed E-state index contributed by atoms with van der Waals surface area (Å²) >= 11 is 6.90. The van der Waals surface area contributed by atoms with Gasteiger partial charge in [0.15, 0.2) is 0 Å². The molecule has 106 valence electrons. The average molecular weight is 295 g/mol. The van der Waals surface area contributed by atoms with Crippen LogP contribution in [0.5, 0.6) is 0 Å². The van der Waals surface area contributed by atoms with E-state index in [-0.39, 0.29) is 5.38 Å². The summed E-state index contributed by atoms with van der Waals surface area (Å²) in [5, 5.41) is 2.40. The van der Waals surface area contributed by atoms with Crippen LogP contribution in [-0.4, -0.2) is 0 Å². The van der Waals surface area contributed by atoms with Gasteiger partial charge in [0.25, 0.3) is 0 Å². The third-order valence-electron chi connectivity index (χ3n) is 4.15. The van der Waals surface area contributed by atoms with E-state index in [1.165, 1.54) is 33.0 Å². The minimum atomic E-state index is -0.104. The van der Waals surface area contributed by atoms with Gasteiger partial charge >= 0.3 is 0 Å². The van der Waals surface area contributed by atoms with Crippen molar-refractivity contribution >= 4 is 22.4 Å². The van der Waals surface area contributed by atoms with Gasteiger partial charge in [0.05, 0.1) is 5.38 Å². The van der Waals surface area contributed by atoms with Gasteiger partial charge in [0, 0.05) is 0 Å². The highest BCUT2D eigenvalue weighted by Gasteiger charge is 2.18. The van der Waals surface area contributed by atoms with Gasteiger partial charge in [-0.05, 0) is 46.4 Å². The van der Waals surface area contributed by atoms with E-state index in [2.05, 4.69) is 74.5 Å². The molecule has 0 aliphatic heterocycles. The molecule has 3 aromatic rings. The zero-order valence-corrected chi connectivity index (χ0v) is 13.2. The first-order chi connectivity index (χ1) is 10.2. The Kier molecular flexibility index (Phi) is 3.98. The van der Waals surface area contributed by atoms with Crippen molar-refractivity contribution in [2.45, 2.75) is 25.6 Å². The molecule has 21 heavy (non-hydrogen) atoms. The Labute approximate surface area is 131 Å². The highest BCUT2D eigenvalue weighted by Crippen LogP contribution is 2.37. The van der Waals surface area contributed by atoms with Crippen LogP contribution in [0.2, 0.25) is 0 Å². The first-order valence-corrected chi connectivity index (χ1v) is 7.86. The van der Waals surface area contributed by atoms with E-state index in [9.17, 15) is 0 Å². The summed E-state index contributed by atoms with van der Waals surface area (Å²) in [5.74, 6) is 0. The molecule has 3 rings (SSSR count). The van der Waals surface area contributed by atoms with Gasteiger partial charge in [-0.2, -0.15) is 0 Å². The second-order valence-electron chi connectivity index (χ2n) is 5.43. The van der Waals surface area contributed by atoms with Crippen molar-refractivity contribution in [2.24, 2.45) is 0 Å². The Morgan fingerprint density at radius 1 is 0.905 bits per heavy atom. The zero-order chi connectivity index (χ0) is 14.8. The lowest BCUT2D eigenvalue weighted by atomic mass is 9.91. The van der Waals surface area contributed by atoms with E-state index in [1.54, 1.807) is 0 Å². The number of aryl methyl sites for hydroxylation is 2. The first-order valence-electron chi connectivity index (χ1n) is 7.42. The molecule has 0 saturated carbocycles. The molecule has 0 fully saturated rings. The monoisotopic (exact) mass is 294 g/mol. The van der Waals surface area contributed by atoms with Crippen LogP contribution in [0.3, 0.4) is 0 Å². The second kappa shape index (κ2) is 5.91. The number of rotatable bonds is 3. The Balaban J connectivity index is 2.22. The molecule has 1 unspecified atom stereocenters. The average Bonchev–Trinajstić information content (AvgIpc) is 2.54. The van der Waals surface area contributed by atoms with Gasteiger partial charge in [-0.15, -0.1) is 11.6 Å². The Morgan fingerprint density at radius 2 is 1.62 bits per heavy atom. The van der Waals surface area contributed by atoms with Crippen molar-refractivity contribution in [3.63, 3.8) is 0 Å². The van der Waals surface area contributed by atoms with Crippen LogP contribution in [0.25, 0.3) is 10.8 Å². The molecule has 1 heteroatoms. The van der Waals surface area contributed by atoms with Crippen LogP contribution in [0.15, 0.2) is 60.7 Å². The lowest BCUT2D eigenvalue weighted by molar-refractivity contribution is 1.04. The fraction of sp³-hybridized carbons (Fsp3) is 0.200. The number of halogens is 1. The lowest BCUT2D eigenvalue weighted by Crippen LogP contribution is -2.01. The molecular weight excluding hydrogens is 276 g/mol. The minimum Gasteiger partial charge on any atom is -0.113 e. The smallest absolute Gasteiger partial charge is 0.0846 e. The van der Waals surface area contributed by atoms with E-state index < -0.39 is 0 Å². The maximum atomic E-state index is 6.90. The summed E-state index contributed by atoms with van der Waals surface area (Å²) in [6.07, 6.45) is 1.00. The number of hydrogen-bond acceptors (Lipinski definition) is 0. The van der Waals surface area contributed by atoms with Gasteiger partial charge in [-0.25, -0.2) is 0 Å². The fourth-order valence-electron chi connectivity index (χ4n) is 3.00. The van der Waals surface area contributed by atoms with Crippen LogP contribution in [0.4, 0.5) is 0 Å². The van der Waals surface area contributed by atoms with E-state index in [4.69, 9.17) is 11.6 Å². The molecule has 0 nitrogen and oxygen atoms in total. The third kappa shape index (κ3) is 2.56. The van der Waals surface area contributed by atoms with Gasteiger partial charge in [-0.1, -0.05) is 67.6 Å². The van der Waals surface area contributed by atoms with Crippen molar-refractivity contribution < 1.29 is 0 Å². The van der Waals surface area contributed by atoms with Crippen LogP contribution in [-0.2, 0) is 6.42 Å². The Bertz CT molecular complexity index is 774. The van der Waals surface area contributed by atoms with E-state index in [0.29, 0.717) is 0 Å². The number of hydrogen-bond donors (Lipinski definition) is 0. The first kappa shape index (κ1) is 14.2. The molecule has 0 bridgehead atoms. The summed E-state index contributed by atoms with van der Waals surface area (Å²) in [5.41, 5.74) is 5.03. The SMILES string of the molecule is CCc1ccccc1C(Cl)c1c(C)ccc2ccccc12. The Morgan fingerprint density at radius 3 is 2.43 bits per heavy atom. The second-order valence-corrected chi connectivity index (χ2v) is 5.87. The molecule has 0 spiro atoms. The van der Waals surface area contributed by atoms with Crippen LogP contribution in [0.1, 0.15) is 34.6 Å². The van der Waals surface area contributed by atoms with Crippen LogP contribution < -0.4 is 0 Å². The maximum Gasteiger partial charge on any atom is 0.0846 e. The standard InChI is InChI=1S/C20H19Cl/c1-3-15-8-4-7-11-18(15)20(21)19-14(2)12-13-16-9-5-6-10-17(16)19/h4-13,20H,3H2,1-2H3. The summed E-state index contributed by atoms with van der Waals surface area (Å²) in [6, 6.07) is 21.3. The molecule has 1 atom stereocenters. The van der Waals surface area contributed by atoms with Gasteiger partial charge in [0.2, 0.25) is 0 Å². The minimum absolute atomic E-state index is 0.104. The van der Waals surface area contributed by atoms with Crippen molar-refractivity contribution in [3.05, 3.63) is 82.9 Å². The number of benzene rings is 3. The summed E-state index contributed by atoms with van der Waals surface area (Å²) in [6.45, 7) is 4.32. The highest BCUT2D eigenvalue weighted by atomic mass is 35.5. The lowest BCUT2D eigenvalue weighted by Gasteiger charge is -2.19. The molecule has 0 aromatic heterocycles. The summed E-state index contributed by atoms with van der Waals surface area (Å²) < 4.78 is 0. The maximum absolute atomic E-state index is 6.90. The molecule has 0 radical (unpaired) electrons. The zero-order valence-electron chi connectivity index (χ0n) is 12.4. The molecule has 0 saturated heterocycles. The van der Waals surface area contributed by atoms with E-state index >= 15 is 0 Å². The molecule has 0 amide bonds. The van der Waals surface area contributed by atoms with Crippen LogP contribution in [0, 0.1) is 6.92 Å². The molecule has 3 aromatic carbocycles. The molecular formula is C20H19Cl. The number of alkyl halides is 1. The summed E-state index contributed by atoms with van der Waals surface area (Å²) in [7, 11) is 0. The van der Waals surface area contributed by atoms with Crippen molar-refractivity contribution in [2.75, 3.05) is 0 Å². The normalized spacial score (nSPS) is 12.5. The quantitative estimate of drug-likeness (QED) is 0.517. The predicted octanol–water partition coefficient (Wildman–Crippen LogP) is 6.04. The van der Waals surface area contributed by atoms with E-state index in [0.717, 1.165) is 6.42 Å². The largest absolute Gasteiger partial charge is 0.113 e. The fourth-order valence-corrected chi connectivity index (χ4v) is 3.50. The van der Waals surface area contributed by atoms with Gasteiger partial charge < -0.3 is 0 Å². The van der Waals surface area contributed by atoms with Crippen molar-refractivity contribution in [1.82, 2.24) is 0 Å². The number of fused-ring (bicyclic) bond motifs is 1. The third-order valence-corrected chi connectivity index (χ3v) is 4.60. The van der Waals surface area contributed by atoms with Gasteiger partial charge in [0.1, 0.15) is 0 Å². The predicted molar refractivity (Wildman–Crippen MR) is 92.2 cm³/mol. The molecule has 0 heterocycles. The molecule has 0 aliphatic carbocycles. The van der Waals surface area contributed by atoms with Crippen molar-refractivity contribution in [3.8, 4) is 0 Å².